The summed E-state index contributed by atoms with van der Waals surface area (Å²) >= 11 is -2.20. The van der Waals surface area contributed by atoms with E-state index in [9.17, 15) is 18.0 Å². The molecule has 0 fully saturated rings. The second-order valence-corrected chi connectivity index (χ2v) is 8.43. The monoisotopic (exact) mass is 418 g/mol. The van der Waals surface area contributed by atoms with Gasteiger partial charge in [-0.15, -0.1) is 0 Å². The summed E-state index contributed by atoms with van der Waals surface area (Å²) in [5.74, 6) is -0.321. The second-order valence-electron chi connectivity index (χ2n) is 4.53. The normalized spacial score (nSPS) is 16.0. The van der Waals surface area contributed by atoms with Gasteiger partial charge in [0.2, 0.25) is 0 Å². The Morgan fingerprint density at radius 3 is 2.36 bits per heavy atom. The Hall–Kier alpha value is -1.83. The van der Waals surface area contributed by atoms with Crippen molar-refractivity contribution in [2.24, 2.45) is 0 Å². The van der Waals surface area contributed by atoms with Crippen molar-refractivity contribution in [3.8, 4) is 0 Å². The third-order valence-corrected chi connectivity index (χ3v) is 7.03. The van der Waals surface area contributed by atoms with Crippen LogP contribution in [0.1, 0.15) is 21.5 Å². The number of benzene rings is 2. The van der Waals surface area contributed by atoms with Crippen LogP contribution >= 0.6 is 20.2 Å². The van der Waals surface area contributed by atoms with Gasteiger partial charge in [0.25, 0.3) is 0 Å². The number of hydrogen-bond acceptors (Lipinski definition) is 2. The molecule has 1 aliphatic heterocycles. The number of hydrogen-bond donors (Lipinski definition) is 0. The molecule has 2 aromatic carbocycles. The summed E-state index contributed by atoms with van der Waals surface area (Å²) in [4.78, 5) is 11.7. The molecule has 0 bridgehead atoms. The van der Waals surface area contributed by atoms with Crippen LogP contribution in [0.4, 0.5) is 13.2 Å². The van der Waals surface area contributed by atoms with Gasteiger partial charge in [0.05, 0.1) is 0 Å². The number of alkyl halides is 3. The SMILES string of the molecule is O=C1OI(/C=C/c2ccc(C(F)(F)F)cc2)c2ccccc21. The van der Waals surface area contributed by atoms with Crippen molar-refractivity contribution in [2.75, 3.05) is 0 Å². The third kappa shape index (κ3) is 3.01. The number of halogens is 4. The summed E-state index contributed by atoms with van der Waals surface area (Å²) in [5, 5.41) is 0. The van der Waals surface area contributed by atoms with Crippen molar-refractivity contribution in [1.29, 1.82) is 0 Å². The molecule has 0 unspecified atom stereocenters. The van der Waals surface area contributed by atoms with Gasteiger partial charge in [-0.2, -0.15) is 0 Å². The van der Waals surface area contributed by atoms with Crippen molar-refractivity contribution in [3.63, 3.8) is 0 Å². The predicted octanol–water partition coefficient (Wildman–Crippen LogP) is 5.14. The summed E-state index contributed by atoms with van der Waals surface area (Å²) in [5.41, 5.74) is 0.552. The number of carbonyl (C=O) groups excluding carboxylic acids is 1. The van der Waals surface area contributed by atoms with Gasteiger partial charge < -0.3 is 0 Å². The first-order valence-corrected chi connectivity index (χ1v) is 9.51. The molecule has 6 heteroatoms. The van der Waals surface area contributed by atoms with E-state index >= 15 is 0 Å². The Morgan fingerprint density at radius 2 is 1.68 bits per heavy atom. The fraction of sp³-hybridized carbons (Fsp3) is 0.0625. The molecule has 0 atom stereocenters. The first-order valence-electron chi connectivity index (χ1n) is 6.31. The molecule has 2 aromatic rings. The van der Waals surface area contributed by atoms with Crippen LogP contribution in [0.25, 0.3) is 6.08 Å². The number of carbonyl (C=O) groups is 1. The van der Waals surface area contributed by atoms with E-state index in [-0.39, 0.29) is 5.97 Å². The van der Waals surface area contributed by atoms with Crippen LogP contribution in [0.3, 0.4) is 0 Å². The van der Waals surface area contributed by atoms with Crippen LogP contribution in [0.5, 0.6) is 0 Å². The molecular formula is C16H10F3IO2. The molecule has 2 nitrogen and oxygen atoms in total. The van der Waals surface area contributed by atoms with Gasteiger partial charge in [0, 0.05) is 0 Å². The zero-order valence-electron chi connectivity index (χ0n) is 11.1. The van der Waals surface area contributed by atoms with Crippen LogP contribution in [0, 0.1) is 3.57 Å². The van der Waals surface area contributed by atoms with E-state index in [0.717, 1.165) is 15.7 Å². The van der Waals surface area contributed by atoms with Crippen LogP contribution < -0.4 is 0 Å². The molecule has 0 amide bonds. The van der Waals surface area contributed by atoms with Gasteiger partial charge >= 0.3 is 132 Å². The molecule has 1 heterocycles. The third-order valence-electron chi connectivity index (χ3n) is 3.06. The minimum absolute atomic E-state index is 0.321. The van der Waals surface area contributed by atoms with Gasteiger partial charge in [-0.3, -0.25) is 0 Å². The van der Waals surface area contributed by atoms with E-state index in [4.69, 9.17) is 3.07 Å². The summed E-state index contributed by atoms with van der Waals surface area (Å²) in [6.07, 6.45) is -2.63. The first-order chi connectivity index (χ1) is 10.4. The Kier molecular flexibility index (Phi) is 3.94. The Bertz CT molecular complexity index is 736. The van der Waals surface area contributed by atoms with Crippen molar-refractivity contribution in [1.82, 2.24) is 0 Å². The average Bonchev–Trinajstić information content (AvgIpc) is 2.82. The summed E-state index contributed by atoms with van der Waals surface area (Å²) < 4.78 is 45.6. The molecule has 22 heavy (non-hydrogen) atoms. The summed E-state index contributed by atoms with van der Waals surface area (Å²) in [7, 11) is 0. The van der Waals surface area contributed by atoms with Gasteiger partial charge in [-0.25, -0.2) is 0 Å². The molecule has 1 aliphatic rings. The molecule has 0 saturated carbocycles. The first kappa shape index (κ1) is 15.1. The molecule has 3 rings (SSSR count). The van der Waals surface area contributed by atoms with Crippen molar-refractivity contribution in [3.05, 3.63) is 72.9 Å². The van der Waals surface area contributed by atoms with Gasteiger partial charge in [-0.05, 0) is 0 Å². The Morgan fingerprint density at radius 1 is 1.00 bits per heavy atom. The molecule has 0 radical (unpaired) electrons. The van der Waals surface area contributed by atoms with Gasteiger partial charge in [0.1, 0.15) is 0 Å². The van der Waals surface area contributed by atoms with E-state index < -0.39 is 32.0 Å². The van der Waals surface area contributed by atoms with E-state index in [0.29, 0.717) is 11.1 Å². The quantitative estimate of drug-likeness (QED) is 0.632. The molecule has 0 spiro atoms. The van der Waals surface area contributed by atoms with Crippen LogP contribution in [-0.4, -0.2) is 5.97 Å². The molecule has 0 saturated heterocycles. The van der Waals surface area contributed by atoms with Crippen LogP contribution in [0.15, 0.2) is 52.6 Å². The van der Waals surface area contributed by atoms with Gasteiger partial charge in [0.15, 0.2) is 0 Å². The zero-order valence-corrected chi connectivity index (χ0v) is 13.3. The van der Waals surface area contributed by atoms with E-state index in [1.165, 1.54) is 12.1 Å². The topological polar surface area (TPSA) is 26.3 Å². The molecule has 0 aliphatic carbocycles. The predicted molar refractivity (Wildman–Crippen MR) is 85.1 cm³/mol. The summed E-state index contributed by atoms with van der Waals surface area (Å²) in [6.45, 7) is 0. The molecule has 0 aromatic heterocycles. The standard InChI is InChI=1S/C16H10F3IO2/c17-16(18,19)12-7-5-11(6-8-12)9-10-20-14-4-2-1-3-13(14)15(21)22-20/h1-10H/b10-9+. The summed E-state index contributed by atoms with van der Waals surface area (Å²) in [6, 6.07) is 12.1. The number of fused-ring (bicyclic) bond motifs is 1. The van der Waals surface area contributed by atoms with E-state index in [1.54, 1.807) is 18.2 Å². The molecule has 114 valence electrons. The van der Waals surface area contributed by atoms with Gasteiger partial charge in [-0.1, -0.05) is 0 Å². The Balaban J connectivity index is 1.80. The fourth-order valence-electron chi connectivity index (χ4n) is 1.95. The maximum absolute atomic E-state index is 12.5. The van der Waals surface area contributed by atoms with E-state index in [2.05, 4.69) is 0 Å². The van der Waals surface area contributed by atoms with Crippen molar-refractivity contribution < 1.29 is 21.0 Å². The fourth-order valence-corrected chi connectivity index (χ4v) is 5.67. The zero-order chi connectivity index (χ0) is 15.7. The average molecular weight is 418 g/mol. The molecule has 0 N–H and O–H groups in total. The van der Waals surface area contributed by atoms with Crippen molar-refractivity contribution in [2.45, 2.75) is 6.18 Å². The minimum atomic E-state index is -4.34. The Labute approximate surface area is 132 Å². The maximum atomic E-state index is 12.5. The second kappa shape index (κ2) is 5.75. The van der Waals surface area contributed by atoms with Crippen molar-refractivity contribution >= 4 is 32.3 Å². The number of rotatable bonds is 2. The molecular weight excluding hydrogens is 408 g/mol. The van der Waals surface area contributed by atoms with Crippen LogP contribution in [0.2, 0.25) is 0 Å². The van der Waals surface area contributed by atoms with E-state index in [1.807, 2.05) is 16.2 Å². The van der Waals surface area contributed by atoms with Crippen LogP contribution in [-0.2, 0) is 9.24 Å².